The number of nitrogen functional groups attached to an aromatic ring is 1. The first kappa shape index (κ1) is 9.58. The molecule has 0 saturated carbocycles. The largest absolute Gasteiger partial charge is 0.398 e. The summed E-state index contributed by atoms with van der Waals surface area (Å²) in [6.45, 7) is 1.95. The summed E-state index contributed by atoms with van der Waals surface area (Å²) in [4.78, 5) is 0. The Morgan fingerprint density at radius 3 is 2.46 bits per heavy atom. The monoisotopic (exact) mass is 177 g/mol. The smallest absolute Gasteiger partial charge is 0.0667 e. The second-order valence-corrected chi connectivity index (χ2v) is 3.12. The normalized spacial score (nSPS) is 11.5. The summed E-state index contributed by atoms with van der Waals surface area (Å²) in [5.41, 5.74) is 8.50. The highest BCUT2D eigenvalue weighted by atomic mass is 15.4. The van der Waals surface area contributed by atoms with Crippen LogP contribution in [0.25, 0.3) is 0 Å². The third-order valence-corrected chi connectivity index (χ3v) is 1.70. The summed E-state index contributed by atoms with van der Waals surface area (Å²) in [7, 11) is 3.78. The van der Waals surface area contributed by atoms with Gasteiger partial charge >= 0.3 is 0 Å². The van der Waals surface area contributed by atoms with Crippen LogP contribution in [-0.2, 0) is 0 Å². The van der Waals surface area contributed by atoms with Crippen LogP contribution in [0.4, 0.5) is 5.69 Å². The number of rotatable bonds is 2. The van der Waals surface area contributed by atoms with Crippen LogP contribution in [0.1, 0.15) is 12.5 Å². The highest BCUT2D eigenvalue weighted by Gasteiger charge is 2.00. The van der Waals surface area contributed by atoms with E-state index in [1.54, 1.807) is 5.01 Å². The quantitative estimate of drug-likeness (QED) is 0.423. The van der Waals surface area contributed by atoms with Crippen molar-refractivity contribution in [3.05, 3.63) is 29.8 Å². The van der Waals surface area contributed by atoms with Crippen molar-refractivity contribution in [1.82, 2.24) is 5.01 Å². The van der Waals surface area contributed by atoms with Gasteiger partial charge in [-0.3, -0.25) is 0 Å². The summed E-state index contributed by atoms with van der Waals surface area (Å²) in [6, 6.07) is 7.73. The van der Waals surface area contributed by atoms with Crippen LogP contribution in [0, 0.1) is 0 Å². The number of nitrogens with zero attached hydrogens (tertiary/aromatic N) is 2. The van der Waals surface area contributed by atoms with Gasteiger partial charge in [-0.2, -0.15) is 5.10 Å². The Morgan fingerprint density at radius 1 is 1.31 bits per heavy atom. The van der Waals surface area contributed by atoms with Crippen LogP contribution in [-0.4, -0.2) is 24.8 Å². The predicted octanol–water partition coefficient (Wildman–Crippen LogP) is 1.55. The van der Waals surface area contributed by atoms with Gasteiger partial charge in [-0.25, -0.2) is 0 Å². The molecular weight excluding hydrogens is 162 g/mol. The molecule has 70 valence electrons. The van der Waals surface area contributed by atoms with Crippen molar-refractivity contribution < 1.29 is 0 Å². The van der Waals surface area contributed by atoms with Crippen LogP contribution >= 0.6 is 0 Å². The van der Waals surface area contributed by atoms with Gasteiger partial charge in [0.25, 0.3) is 0 Å². The van der Waals surface area contributed by atoms with E-state index >= 15 is 0 Å². The van der Waals surface area contributed by atoms with Crippen molar-refractivity contribution in [2.24, 2.45) is 5.10 Å². The Labute approximate surface area is 78.9 Å². The summed E-state index contributed by atoms with van der Waals surface area (Å²) >= 11 is 0. The first-order valence-electron chi connectivity index (χ1n) is 4.18. The molecule has 1 aromatic rings. The molecule has 1 rings (SSSR count). The van der Waals surface area contributed by atoms with Crippen LogP contribution in [0.3, 0.4) is 0 Å². The van der Waals surface area contributed by atoms with E-state index in [0.717, 1.165) is 17.0 Å². The van der Waals surface area contributed by atoms with Crippen molar-refractivity contribution in [2.45, 2.75) is 6.92 Å². The minimum atomic E-state index is 0.769. The molecule has 0 aliphatic carbocycles. The standard InChI is InChI=1S/C10H15N3/c1-8(12-13(2)3)9-6-4-5-7-10(9)11/h4-7H,11H2,1-3H3/b12-8+. The Bertz CT molecular complexity index is 316. The van der Waals surface area contributed by atoms with Crippen molar-refractivity contribution in [3.8, 4) is 0 Å². The van der Waals surface area contributed by atoms with E-state index in [9.17, 15) is 0 Å². The average molecular weight is 177 g/mol. The molecule has 0 amide bonds. The van der Waals surface area contributed by atoms with E-state index in [4.69, 9.17) is 5.73 Å². The van der Waals surface area contributed by atoms with E-state index in [1.165, 1.54) is 0 Å². The second kappa shape index (κ2) is 3.94. The number of benzene rings is 1. The fourth-order valence-corrected chi connectivity index (χ4v) is 1.18. The zero-order chi connectivity index (χ0) is 9.84. The molecular formula is C10H15N3. The molecule has 2 N–H and O–H groups in total. The topological polar surface area (TPSA) is 41.6 Å². The maximum atomic E-state index is 5.80. The van der Waals surface area contributed by atoms with Crippen molar-refractivity contribution >= 4 is 11.4 Å². The molecule has 0 fully saturated rings. The van der Waals surface area contributed by atoms with Crippen molar-refractivity contribution in [3.63, 3.8) is 0 Å². The van der Waals surface area contributed by atoms with Gasteiger partial charge in [0.15, 0.2) is 0 Å². The maximum Gasteiger partial charge on any atom is 0.0667 e. The summed E-state index contributed by atoms with van der Waals surface area (Å²) in [5.74, 6) is 0. The van der Waals surface area contributed by atoms with Gasteiger partial charge in [-0.15, -0.1) is 0 Å². The van der Waals surface area contributed by atoms with E-state index in [-0.39, 0.29) is 0 Å². The average Bonchev–Trinajstić information content (AvgIpc) is 2.03. The first-order chi connectivity index (χ1) is 6.11. The number of para-hydroxylation sites is 1. The Hall–Kier alpha value is -1.51. The lowest BCUT2D eigenvalue weighted by Gasteiger charge is -2.08. The van der Waals surface area contributed by atoms with Crippen molar-refractivity contribution in [2.75, 3.05) is 19.8 Å². The van der Waals surface area contributed by atoms with Gasteiger partial charge in [-0.05, 0) is 13.0 Å². The minimum Gasteiger partial charge on any atom is -0.398 e. The molecule has 3 heteroatoms. The molecule has 0 saturated heterocycles. The molecule has 13 heavy (non-hydrogen) atoms. The minimum absolute atomic E-state index is 0.769. The molecule has 0 unspecified atom stereocenters. The van der Waals surface area contributed by atoms with Crippen molar-refractivity contribution in [1.29, 1.82) is 0 Å². The Balaban J connectivity index is 3.02. The molecule has 3 nitrogen and oxygen atoms in total. The van der Waals surface area contributed by atoms with Gasteiger partial charge in [0, 0.05) is 25.3 Å². The third kappa shape index (κ3) is 2.47. The highest BCUT2D eigenvalue weighted by molar-refractivity contribution is 6.02. The zero-order valence-electron chi connectivity index (χ0n) is 8.28. The second-order valence-electron chi connectivity index (χ2n) is 3.12. The molecule has 1 aromatic carbocycles. The molecule has 0 bridgehead atoms. The predicted molar refractivity (Wildman–Crippen MR) is 56.8 cm³/mol. The molecule has 0 aliphatic heterocycles. The third-order valence-electron chi connectivity index (χ3n) is 1.70. The Morgan fingerprint density at radius 2 is 1.92 bits per heavy atom. The van der Waals surface area contributed by atoms with E-state index in [0.29, 0.717) is 0 Å². The van der Waals surface area contributed by atoms with Crippen LogP contribution in [0.15, 0.2) is 29.4 Å². The number of hydrazone groups is 1. The number of hydrogen-bond donors (Lipinski definition) is 1. The van der Waals surface area contributed by atoms with Crippen LogP contribution in [0.5, 0.6) is 0 Å². The highest BCUT2D eigenvalue weighted by Crippen LogP contribution is 2.11. The molecule has 0 aromatic heterocycles. The fourth-order valence-electron chi connectivity index (χ4n) is 1.18. The molecule has 0 aliphatic rings. The van der Waals surface area contributed by atoms with Gasteiger partial charge in [0.1, 0.15) is 0 Å². The molecule has 0 atom stereocenters. The Kier molecular flexibility index (Phi) is 2.90. The van der Waals surface area contributed by atoms with Gasteiger partial charge in [0.05, 0.1) is 5.71 Å². The van der Waals surface area contributed by atoms with E-state index in [2.05, 4.69) is 5.10 Å². The number of nitrogens with two attached hydrogens (primary N) is 1. The fraction of sp³-hybridized carbons (Fsp3) is 0.300. The van der Waals surface area contributed by atoms with Gasteiger partial charge in [0.2, 0.25) is 0 Å². The van der Waals surface area contributed by atoms with Gasteiger partial charge in [-0.1, -0.05) is 18.2 Å². The van der Waals surface area contributed by atoms with E-state index in [1.807, 2.05) is 45.3 Å². The lowest BCUT2D eigenvalue weighted by Crippen LogP contribution is -2.08. The maximum absolute atomic E-state index is 5.80. The molecule has 0 heterocycles. The summed E-state index contributed by atoms with van der Waals surface area (Å²) in [5, 5.41) is 6.04. The van der Waals surface area contributed by atoms with Gasteiger partial charge < -0.3 is 10.7 Å². The van der Waals surface area contributed by atoms with Crippen LogP contribution in [0.2, 0.25) is 0 Å². The SMILES string of the molecule is C/C(=N\N(C)C)c1ccccc1N. The number of hydrogen-bond acceptors (Lipinski definition) is 3. The lowest BCUT2D eigenvalue weighted by atomic mass is 10.1. The first-order valence-corrected chi connectivity index (χ1v) is 4.18. The summed E-state index contributed by atoms with van der Waals surface area (Å²) < 4.78 is 0. The molecule has 0 radical (unpaired) electrons. The summed E-state index contributed by atoms with van der Waals surface area (Å²) in [6.07, 6.45) is 0. The van der Waals surface area contributed by atoms with Crippen LogP contribution < -0.4 is 5.73 Å². The van der Waals surface area contributed by atoms with E-state index < -0.39 is 0 Å². The zero-order valence-corrected chi connectivity index (χ0v) is 8.28. The molecule has 0 spiro atoms. The number of anilines is 1. The lowest BCUT2D eigenvalue weighted by molar-refractivity contribution is 0.438.